The van der Waals surface area contributed by atoms with Crippen LogP contribution in [0.25, 0.3) is 0 Å². The molecule has 0 spiro atoms. The molecule has 2 aromatic heterocycles. The number of ether oxygens (including phenoxy) is 2. The van der Waals surface area contributed by atoms with E-state index in [1.165, 1.54) is 48.1 Å². The normalized spacial score (nSPS) is 16.1. The molecular weight excluding hydrogens is 941 g/mol. The van der Waals surface area contributed by atoms with Crippen molar-refractivity contribution in [1.29, 1.82) is 0 Å². The summed E-state index contributed by atoms with van der Waals surface area (Å²) in [5.74, 6) is -2.25. The van der Waals surface area contributed by atoms with Crippen LogP contribution >= 0.6 is 35.3 Å². The molecule has 5 aromatic rings. The Hall–Kier alpha value is -6.90. The molecule has 358 valence electrons. The lowest BCUT2D eigenvalue weighted by Crippen LogP contribution is -2.71. The third kappa shape index (κ3) is 12.2. The maximum atomic E-state index is 14.7. The van der Waals surface area contributed by atoms with Gasteiger partial charge in [-0.05, 0) is 53.7 Å². The first kappa shape index (κ1) is 50.0. The number of hydrogen-bond acceptors (Lipinski definition) is 15. The summed E-state index contributed by atoms with van der Waals surface area (Å²) in [6.45, 7) is 10.7. The predicted octanol–water partition coefficient (Wildman–Crippen LogP) is 8.04. The van der Waals surface area contributed by atoms with Crippen molar-refractivity contribution < 1.29 is 43.4 Å². The minimum atomic E-state index is -1.42. The van der Waals surface area contributed by atoms with Gasteiger partial charge in [0.1, 0.15) is 49.9 Å². The fraction of sp³-hybridized carbons (Fsp3) is 0.286. The van der Waals surface area contributed by atoms with E-state index in [-0.39, 0.29) is 35.2 Å². The van der Waals surface area contributed by atoms with Crippen LogP contribution in [0.5, 0.6) is 0 Å². The van der Waals surface area contributed by atoms with Crippen LogP contribution < -0.4 is 16.0 Å². The number of nitrogens with zero attached hydrogens (tertiary/aromatic N) is 5. The minimum Gasteiger partial charge on any atom is -0.477 e. The van der Waals surface area contributed by atoms with Crippen molar-refractivity contribution in [3.63, 3.8) is 0 Å². The van der Waals surface area contributed by atoms with E-state index in [2.05, 4.69) is 36.1 Å². The molecule has 2 aliphatic rings. The van der Waals surface area contributed by atoms with Gasteiger partial charge in [0.2, 0.25) is 5.60 Å². The molecule has 1 saturated heterocycles. The molecule has 17 nitrogen and oxygen atoms in total. The van der Waals surface area contributed by atoms with E-state index in [0.717, 1.165) is 16.7 Å². The van der Waals surface area contributed by atoms with Crippen molar-refractivity contribution in [2.24, 2.45) is 5.16 Å². The van der Waals surface area contributed by atoms with Crippen LogP contribution in [-0.2, 0) is 34.3 Å². The number of benzene rings is 3. The number of alkyl carbamates (subject to hydrolysis) is 1. The van der Waals surface area contributed by atoms with Gasteiger partial charge in [-0.3, -0.25) is 19.8 Å². The number of thioether (sulfide) groups is 3. The largest absolute Gasteiger partial charge is 0.477 e. The van der Waals surface area contributed by atoms with Gasteiger partial charge in [0.25, 0.3) is 11.8 Å². The fourth-order valence-electron chi connectivity index (χ4n) is 7.13. The Morgan fingerprint density at radius 3 is 1.91 bits per heavy atom. The fourth-order valence-corrected chi connectivity index (χ4v) is 10.5. The third-order valence-electron chi connectivity index (χ3n) is 9.94. The number of pyridine rings is 1. The molecule has 69 heavy (non-hydrogen) atoms. The van der Waals surface area contributed by atoms with Crippen LogP contribution in [0.3, 0.4) is 0 Å². The summed E-state index contributed by atoms with van der Waals surface area (Å²) in [6, 6.07) is 31.5. The van der Waals surface area contributed by atoms with E-state index in [1.807, 2.05) is 91.0 Å². The molecule has 1 fully saturated rings. The Bertz CT molecular complexity index is 2660. The number of amides is 4. The zero-order valence-electron chi connectivity index (χ0n) is 38.5. The lowest BCUT2D eigenvalue weighted by molar-refractivity contribution is -0.150. The van der Waals surface area contributed by atoms with E-state index in [4.69, 9.17) is 14.3 Å². The highest BCUT2D eigenvalue weighted by molar-refractivity contribution is 8.07. The summed E-state index contributed by atoms with van der Waals surface area (Å²) in [5, 5.41) is 23.3. The van der Waals surface area contributed by atoms with Crippen LogP contribution in [0.1, 0.15) is 63.9 Å². The number of nitrogens with one attached hydrogen (secondary N) is 3. The Balaban J connectivity index is 1.18. The highest BCUT2D eigenvalue weighted by Crippen LogP contribution is 2.46. The number of hydrogen-bond donors (Lipinski definition) is 4. The zero-order valence-corrected chi connectivity index (χ0v) is 40.9. The number of carbonyl (C=O) groups excluding carboxylic acids is 4. The van der Waals surface area contributed by atoms with Gasteiger partial charge >= 0.3 is 18.2 Å². The third-order valence-corrected chi connectivity index (χ3v) is 13.6. The van der Waals surface area contributed by atoms with E-state index >= 15 is 0 Å². The SMILES string of the molecule is CC(C)(C)OC(=O)NCCSc1nccnc1SC1=C(C(=O)O)N2C(=O)[C@@H](NC(=O)/C(=N\OC(c3ccccc3)(c3ccccc3)c3ccccc3)c3cccc(NC(=O)OC(C)(C)C)n3)[C@@H]2SC1. The molecule has 2 aliphatic heterocycles. The van der Waals surface area contributed by atoms with Gasteiger partial charge in [0.15, 0.2) is 5.71 Å². The smallest absolute Gasteiger partial charge is 0.413 e. The Morgan fingerprint density at radius 1 is 0.783 bits per heavy atom. The topological polar surface area (TPSA) is 224 Å². The van der Waals surface area contributed by atoms with Crippen LogP contribution in [0.15, 0.2) is 147 Å². The summed E-state index contributed by atoms with van der Waals surface area (Å²) in [6.07, 6.45) is 1.66. The molecule has 2 atom stereocenters. The van der Waals surface area contributed by atoms with E-state index in [9.17, 15) is 29.1 Å². The van der Waals surface area contributed by atoms with E-state index in [1.54, 1.807) is 47.6 Å². The van der Waals surface area contributed by atoms with E-state index in [0.29, 0.717) is 37.4 Å². The molecular formula is C49H50N8O9S3. The van der Waals surface area contributed by atoms with Gasteiger partial charge < -0.3 is 30.1 Å². The van der Waals surface area contributed by atoms with Crippen molar-refractivity contribution in [2.45, 2.75) is 79.8 Å². The molecule has 0 saturated carbocycles. The van der Waals surface area contributed by atoms with Crippen LogP contribution in [-0.4, -0.2) is 101 Å². The summed E-state index contributed by atoms with van der Waals surface area (Å²) in [4.78, 5) is 88.4. The van der Waals surface area contributed by atoms with Crippen LogP contribution in [0.2, 0.25) is 0 Å². The highest BCUT2D eigenvalue weighted by atomic mass is 32.2. The molecule has 0 radical (unpaired) electrons. The number of carbonyl (C=O) groups is 5. The van der Waals surface area contributed by atoms with Gasteiger partial charge in [0, 0.05) is 52.0 Å². The Morgan fingerprint density at radius 2 is 1.35 bits per heavy atom. The second kappa shape index (κ2) is 21.6. The maximum absolute atomic E-state index is 14.7. The van der Waals surface area contributed by atoms with Crippen molar-refractivity contribution in [3.8, 4) is 0 Å². The molecule has 7 rings (SSSR count). The lowest BCUT2D eigenvalue weighted by atomic mass is 9.80. The zero-order chi connectivity index (χ0) is 49.3. The first-order chi connectivity index (χ1) is 32.9. The van der Waals surface area contributed by atoms with Crippen molar-refractivity contribution in [2.75, 3.05) is 23.4 Å². The number of carboxylic acids is 1. The van der Waals surface area contributed by atoms with Crippen molar-refractivity contribution in [3.05, 3.63) is 155 Å². The number of rotatable bonds is 16. The van der Waals surface area contributed by atoms with Gasteiger partial charge in [0.05, 0.1) is 0 Å². The van der Waals surface area contributed by atoms with Gasteiger partial charge in [-0.15, -0.1) is 23.5 Å². The standard InChI is InChI=1S/C49H50N8O9S3/c1-47(2,3)64-45(62)52-27-28-67-40-41(51-26-25-50-40)69-34-29-68-43-37(42(59)57(43)38(34)44(60)61)55-39(58)36(33-23-16-24-35(53-33)54-46(63)65-48(4,5)6)56-66-49(30-17-10-7-11-18-30,31-19-12-8-13-20-31)32-21-14-9-15-22-32/h7-26,37,43H,27-29H2,1-6H3,(H,52,62)(H,55,58)(H,60,61)(H,53,54,63)/b56-36-/t37-,43+/m1/s1. The number of aliphatic carboxylic acids is 1. The molecule has 0 bridgehead atoms. The summed E-state index contributed by atoms with van der Waals surface area (Å²) in [7, 11) is 0. The lowest BCUT2D eigenvalue weighted by Gasteiger charge is -2.49. The van der Waals surface area contributed by atoms with Gasteiger partial charge in [-0.2, -0.15) is 0 Å². The van der Waals surface area contributed by atoms with Crippen LogP contribution in [0, 0.1) is 0 Å². The molecule has 4 heterocycles. The predicted molar refractivity (Wildman–Crippen MR) is 263 cm³/mol. The molecule has 4 N–H and O–H groups in total. The van der Waals surface area contributed by atoms with Crippen molar-refractivity contribution in [1.82, 2.24) is 30.5 Å². The van der Waals surface area contributed by atoms with Crippen LogP contribution in [0.4, 0.5) is 15.4 Å². The second-order valence-corrected chi connectivity index (χ2v) is 20.6. The Labute approximate surface area is 411 Å². The minimum absolute atomic E-state index is 0.0212. The monoisotopic (exact) mass is 990 g/mol. The molecule has 3 aromatic carbocycles. The number of β-lactam (4-membered cyclic amide) rings is 1. The second-order valence-electron chi connectivity index (χ2n) is 17.3. The number of aromatic nitrogens is 3. The van der Waals surface area contributed by atoms with E-state index < -0.39 is 58.2 Å². The summed E-state index contributed by atoms with van der Waals surface area (Å²) in [5.41, 5.74) is -1.43. The molecule has 4 amide bonds. The van der Waals surface area contributed by atoms with Crippen molar-refractivity contribution >= 4 is 76.8 Å². The van der Waals surface area contributed by atoms with Gasteiger partial charge in [-0.25, -0.2) is 29.3 Å². The molecule has 20 heteroatoms. The first-order valence-corrected chi connectivity index (χ1v) is 24.5. The number of oxime groups is 1. The van der Waals surface area contributed by atoms with Gasteiger partial charge in [-0.1, -0.05) is 114 Å². The maximum Gasteiger partial charge on any atom is 0.413 e. The average Bonchev–Trinajstić information content (AvgIpc) is 3.31. The summed E-state index contributed by atoms with van der Waals surface area (Å²) >= 11 is 3.66. The number of anilines is 1. The quantitative estimate of drug-likeness (QED) is 0.0183. The number of fused-ring (bicyclic) bond motifs is 1. The average molecular weight is 991 g/mol. The molecule has 0 aliphatic carbocycles. The Kier molecular flexibility index (Phi) is 15.6. The molecule has 0 unspecified atom stereocenters. The number of carboxylic acid groups (broad SMARTS) is 1. The first-order valence-electron chi connectivity index (χ1n) is 21.6. The highest BCUT2D eigenvalue weighted by Gasteiger charge is 2.55. The summed E-state index contributed by atoms with van der Waals surface area (Å²) < 4.78 is 10.7.